The molecule has 0 bridgehead atoms. The molecule has 3 aromatic rings. The van der Waals surface area contributed by atoms with Crippen LogP contribution >= 0.6 is 11.8 Å². The van der Waals surface area contributed by atoms with E-state index in [1.807, 2.05) is 30.3 Å². The average molecular weight is 452 g/mol. The fourth-order valence-corrected chi connectivity index (χ4v) is 4.48. The molecule has 1 atom stereocenters. The van der Waals surface area contributed by atoms with Crippen LogP contribution in [-0.2, 0) is 9.53 Å². The Hall–Kier alpha value is -3.53. The van der Waals surface area contributed by atoms with Crippen molar-refractivity contribution >= 4 is 23.8 Å². The fraction of sp³-hybridized carbons (Fsp3) is 0.273. The van der Waals surface area contributed by atoms with Crippen LogP contribution in [0.15, 0.2) is 74.1 Å². The van der Waals surface area contributed by atoms with Crippen LogP contribution in [0.4, 0.5) is 4.79 Å². The van der Waals surface area contributed by atoms with Gasteiger partial charge in [-0.1, -0.05) is 42.1 Å². The van der Waals surface area contributed by atoms with Crippen LogP contribution < -0.4 is 5.32 Å². The summed E-state index contributed by atoms with van der Waals surface area (Å²) in [5.74, 6) is 0.543. The zero-order valence-electron chi connectivity index (χ0n) is 17.2. The number of rotatable bonds is 7. The van der Waals surface area contributed by atoms with Gasteiger partial charge in [0.15, 0.2) is 5.76 Å². The summed E-state index contributed by atoms with van der Waals surface area (Å²) < 4.78 is 16.1. The number of nitrogens with one attached hydrogen (secondary N) is 1. The average Bonchev–Trinajstić information content (AvgIpc) is 3.29. The Morgan fingerprint density at radius 1 is 1.22 bits per heavy atom. The molecule has 1 aromatic carbocycles. The van der Waals surface area contributed by atoms with Gasteiger partial charge in [-0.3, -0.25) is 4.90 Å². The first-order chi connectivity index (χ1) is 15.7. The molecule has 32 heavy (non-hydrogen) atoms. The van der Waals surface area contributed by atoms with Crippen molar-refractivity contribution in [2.24, 2.45) is 0 Å². The van der Waals surface area contributed by atoms with E-state index in [0.717, 1.165) is 18.4 Å². The molecule has 2 aliphatic rings. The van der Waals surface area contributed by atoms with Crippen molar-refractivity contribution in [3.8, 4) is 11.7 Å². The van der Waals surface area contributed by atoms with E-state index in [2.05, 4.69) is 15.5 Å². The zero-order valence-corrected chi connectivity index (χ0v) is 18.0. The number of aromatic nitrogens is 2. The Labute approximate surface area is 187 Å². The molecule has 3 heterocycles. The second-order valence-electron chi connectivity index (χ2n) is 7.39. The molecule has 1 saturated carbocycles. The summed E-state index contributed by atoms with van der Waals surface area (Å²) in [4.78, 5) is 27.6. The largest absolute Gasteiger partial charge is 0.466 e. The highest BCUT2D eigenvalue weighted by Gasteiger charge is 2.44. The van der Waals surface area contributed by atoms with Gasteiger partial charge in [-0.25, -0.2) is 9.59 Å². The number of ether oxygens (including phenoxy) is 1. The van der Waals surface area contributed by atoms with Crippen molar-refractivity contribution < 1.29 is 23.2 Å². The van der Waals surface area contributed by atoms with Crippen molar-refractivity contribution in [2.45, 2.75) is 30.1 Å². The number of furan rings is 1. The highest BCUT2D eigenvalue weighted by Crippen LogP contribution is 2.40. The second-order valence-corrected chi connectivity index (χ2v) is 8.31. The van der Waals surface area contributed by atoms with Gasteiger partial charge in [-0.05, 0) is 30.5 Å². The third kappa shape index (κ3) is 3.89. The number of thioether (sulfide) groups is 1. The van der Waals surface area contributed by atoms with Crippen molar-refractivity contribution in [1.29, 1.82) is 0 Å². The van der Waals surface area contributed by atoms with E-state index in [4.69, 9.17) is 13.6 Å². The van der Waals surface area contributed by atoms with Gasteiger partial charge in [0.1, 0.15) is 0 Å². The summed E-state index contributed by atoms with van der Waals surface area (Å²) >= 11 is 1.26. The van der Waals surface area contributed by atoms with Crippen molar-refractivity contribution in [3.63, 3.8) is 0 Å². The number of hydrogen-bond donors (Lipinski definition) is 1. The maximum atomic E-state index is 13.1. The maximum Gasteiger partial charge on any atom is 0.338 e. The van der Waals surface area contributed by atoms with E-state index >= 15 is 0 Å². The number of benzene rings is 1. The molecule has 0 radical (unpaired) electrons. The first kappa shape index (κ1) is 20.4. The predicted octanol–water partition coefficient (Wildman–Crippen LogP) is 3.78. The first-order valence-electron chi connectivity index (χ1n) is 10.1. The van der Waals surface area contributed by atoms with E-state index in [1.54, 1.807) is 17.0 Å². The monoisotopic (exact) mass is 452 g/mol. The Bertz CT molecular complexity index is 1150. The number of hydrogen-bond acceptors (Lipinski definition) is 8. The van der Waals surface area contributed by atoms with E-state index in [1.165, 1.54) is 25.1 Å². The predicted molar refractivity (Wildman–Crippen MR) is 114 cm³/mol. The molecule has 164 valence electrons. The molecular weight excluding hydrogens is 432 g/mol. The van der Waals surface area contributed by atoms with Gasteiger partial charge >= 0.3 is 12.0 Å². The van der Waals surface area contributed by atoms with Crippen molar-refractivity contribution in [2.75, 3.05) is 12.9 Å². The highest BCUT2D eigenvalue weighted by molar-refractivity contribution is 7.99. The van der Waals surface area contributed by atoms with E-state index < -0.39 is 12.0 Å². The molecule has 9 nitrogen and oxygen atoms in total. The molecule has 1 aliphatic carbocycles. The minimum atomic E-state index is -0.608. The number of carbonyl (C=O) groups excluding carboxylic acids is 2. The summed E-state index contributed by atoms with van der Waals surface area (Å²) in [5.41, 5.74) is 1.81. The molecular formula is C22H20N4O5S. The molecule has 0 saturated heterocycles. The molecule has 10 heteroatoms. The lowest BCUT2D eigenvalue weighted by molar-refractivity contribution is -0.136. The van der Waals surface area contributed by atoms with Crippen molar-refractivity contribution in [1.82, 2.24) is 20.4 Å². The Morgan fingerprint density at radius 3 is 2.72 bits per heavy atom. The minimum absolute atomic E-state index is 0.0587. The van der Waals surface area contributed by atoms with E-state index in [9.17, 15) is 9.59 Å². The lowest BCUT2D eigenvalue weighted by atomic mass is 9.95. The Kier molecular flexibility index (Phi) is 5.44. The van der Waals surface area contributed by atoms with E-state index in [0.29, 0.717) is 22.3 Å². The SMILES string of the molecule is COC(=O)C1=C(CSc2nnc(-c3ccco3)o2)N(C2CC2)C(=O)N[C@@H]1c1ccccc1. The third-order valence-corrected chi connectivity index (χ3v) is 6.13. The van der Waals surface area contributed by atoms with Gasteiger partial charge in [0.25, 0.3) is 11.1 Å². The summed E-state index contributed by atoms with van der Waals surface area (Å²) in [6.07, 6.45) is 3.29. The summed E-state index contributed by atoms with van der Waals surface area (Å²) in [7, 11) is 1.34. The van der Waals surface area contributed by atoms with Crippen molar-refractivity contribution in [3.05, 3.63) is 65.6 Å². The lowest BCUT2D eigenvalue weighted by Crippen LogP contribution is -2.50. The Balaban J connectivity index is 1.50. The van der Waals surface area contributed by atoms with Crippen LogP contribution in [0.25, 0.3) is 11.7 Å². The zero-order chi connectivity index (χ0) is 22.1. The number of amides is 2. The minimum Gasteiger partial charge on any atom is -0.466 e. The molecule has 5 rings (SSSR count). The molecule has 1 N–H and O–H groups in total. The third-order valence-electron chi connectivity index (χ3n) is 5.30. The van der Waals surface area contributed by atoms with Gasteiger partial charge in [-0.2, -0.15) is 0 Å². The van der Waals surface area contributed by atoms with Crippen LogP contribution in [0.2, 0.25) is 0 Å². The molecule has 0 spiro atoms. The highest BCUT2D eigenvalue weighted by atomic mass is 32.2. The van der Waals surface area contributed by atoms with Crippen LogP contribution in [0.1, 0.15) is 24.4 Å². The van der Waals surface area contributed by atoms with Crippen LogP contribution in [-0.4, -0.2) is 46.0 Å². The summed E-state index contributed by atoms with van der Waals surface area (Å²) in [5, 5.41) is 11.3. The van der Waals surface area contributed by atoms with Crippen LogP contribution in [0, 0.1) is 0 Å². The second kappa shape index (κ2) is 8.54. The molecule has 1 aliphatic heterocycles. The standard InChI is InChI=1S/C22H20N4O5S/c1-29-20(27)17-15(12-32-22-25-24-19(31-22)16-8-5-11-30-16)26(14-9-10-14)21(28)23-18(17)13-6-3-2-4-7-13/h2-8,11,14,18H,9-10,12H2,1H3,(H,23,28)/t18-/m1/s1. The fourth-order valence-electron chi connectivity index (χ4n) is 3.69. The smallest absolute Gasteiger partial charge is 0.338 e. The quantitative estimate of drug-likeness (QED) is 0.426. The first-order valence-corrected chi connectivity index (χ1v) is 11.1. The number of methoxy groups -OCH3 is 1. The maximum absolute atomic E-state index is 13.1. The summed E-state index contributed by atoms with van der Waals surface area (Å²) in [6, 6.07) is 12.0. The number of carbonyl (C=O) groups is 2. The molecule has 0 unspecified atom stereocenters. The number of nitrogens with zero attached hydrogens (tertiary/aromatic N) is 3. The van der Waals surface area contributed by atoms with Gasteiger partial charge in [0.05, 0.1) is 25.0 Å². The van der Waals surface area contributed by atoms with Crippen LogP contribution in [0.3, 0.4) is 0 Å². The normalized spacial score (nSPS) is 18.6. The molecule has 2 aromatic heterocycles. The van der Waals surface area contributed by atoms with Gasteiger partial charge in [-0.15, -0.1) is 10.2 Å². The lowest BCUT2D eigenvalue weighted by Gasteiger charge is -2.36. The number of urea groups is 1. The van der Waals surface area contributed by atoms with E-state index in [-0.39, 0.29) is 23.7 Å². The summed E-state index contributed by atoms with van der Waals surface area (Å²) in [6.45, 7) is 0. The van der Waals surface area contributed by atoms with Gasteiger partial charge in [0.2, 0.25) is 0 Å². The molecule has 1 fully saturated rings. The topological polar surface area (TPSA) is 111 Å². The number of esters is 1. The van der Waals surface area contributed by atoms with Crippen LogP contribution in [0.5, 0.6) is 0 Å². The van der Waals surface area contributed by atoms with Gasteiger partial charge in [0, 0.05) is 17.5 Å². The molecule has 2 amide bonds. The Morgan fingerprint density at radius 2 is 2.03 bits per heavy atom. The van der Waals surface area contributed by atoms with Gasteiger partial charge < -0.3 is 18.9 Å².